The van der Waals surface area contributed by atoms with E-state index < -0.39 is 31.2 Å². The molecule has 0 N–H and O–H groups in total. The van der Waals surface area contributed by atoms with Gasteiger partial charge in [0, 0.05) is 11.3 Å². The van der Waals surface area contributed by atoms with Crippen molar-refractivity contribution in [1.82, 2.24) is 0 Å². The molecule has 0 radical (unpaired) electrons. The third kappa shape index (κ3) is 8.14. The molecule has 0 aromatic rings. The third-order valence-electron chi connectivity index (χ3n) is 2.10. The van der Waals surface area contributed by atoms with Gasteiger partial charge in [-0.1, -0.05) is 19.6 Å². The maximum absolute atomic E-state index is 12.2. The molecule has 0 unspecified atom stereocenters. The van der Waals surface area contributed by atoms with Crippen molar-refractivity contribution in [2.75, 3.05) is 0 Å². The fraction of sp³-hybridized carbons (Fsp3) is 0.733. The molecule has 0 aromatic carbocycles. The van der Waals surface area contributed by atoms with Gasteiger partial charge in [0.1, 0.15) is 11.2 Å². The molecule has 0 aliphatic rings. The number of rotatable bonds is 3. The predicted molar refractivity (Wildman–Crippen MR) is 83.1 cm³/mol. The number of hydrogen-bond acceptors (Lipinski definition) is 4. The Bertz CT molecular complexity index is 403. The lowest BCUT2D eigenvalue weighted by Gasteiger charge is -2.25. The lowest BCUT2D eigenvalue weighted by molar-refractivity contribution is -0.152. The summed E-state index contributed by atoms with van der Waals surface area (Å²) < 4.78 is 10.6. The molecule has 0 spiro atoms. The smallest absolute Gasteiger partial charge is 0.331 e. The van der Waals surface area contributed by atoms with Crippen LogP contribution in [0.5, 0.6) is 0 Å². The molecular formula is C15H28O4Si. The highest BCUT2D eigenvalue weighted by Gasteiger charge is 2.31. The summed E-state index contributed by atoms with van der Waals surface area (Å²) in [5, 5.41) is 0.446. The lowest BCUT2D eigenvalue weighted by atomic mass is 10.2. The van der Waals surface area contributed by atoms with E-state index >= 15 is 0 Å². The predicted octanol–water partition coefficient (Wildman–Crippen LogP) is 3.47. The van der Waals surface area contributed by atoms with Gasteiger partial charge in [-0.05, 0) is 41.5 Å². The summed E-state index contributed by atoms with van der Waals surface area (Å²) >= 11 is 0. The summed E-state index contributed by atoms with van der Waals surface area (Å²) in [4.78, 5) is 24.1. The Balaban J connectivity index is 5.29. The van der Waals surface area contributed by atoms with Crippen LogP contribution in [0, 0.1) is 0 Å². The molecule has 0 saturated carbocycles. The minimum atomic E-state index is -2.00. The van der Waals surface area contributed by atoms with Gasteiger partial charge in [0.05, 0.1) is 8.07 Å². The van der Waals surface area contributed by atoms with Gasteiger partial charge >= 0.3 is 11.9 Å². The van der Waals surface area contributed by atoms with Crippen molar-refractivity contribution in [3.05, 3.63) is 11.3 Å². The Hall–Kier alpha value is -1.10. The van der Waals surface area contributed by atoms with E-state index in [2.05, 4.69) is 0 Å². The Kier molecular flexibility index (Phi) is 5.78. The van der Waals surface area contributed by atoms with E-state index in [1.807, 2.05) is 19.6 Å². The van der Waals surface area contributed by atoms with E-state index in [0.717, 1.165) is 0 Å². The topological polar surface area (TPSA) is 52.6 Å². The maximum Gasteiger partial charge on any atom is 0.331 e. The highest BCUT2D eigenvalue weighted by Crippen LogP contribution is 2.20. The van der Waals surface area contributed by atoms with E-state index in [-0.39, 0.29) is 0 Å². The highest BCUT2D eigenvalue weighted by molar-refractivity contribution is 6.87. The average molecular weight is 300 g/mol. The largest absolute Gasteiger partial charge is 0.457 e. The molecule has 0 amide bonds. The molecule has 0 aliphatic heterocycles. The third-order valence-corrected chi connectivity index (χ3v) is 4.06. The average Bonchev–Trinajstić information content (AvgIpc) is 2.05. The first-order chi connectivity index (χ1) is 8.62. The fourth-order valence-corrected chi connectivity index (χ4v) is 2.58. The van der Waals surface area contributed by atoms with Crippen molar-refractivity contribution in [1.29, 1.82) is 0 Å². The van der Waals surface area contributed by atoms with Crippen LogP contribution in [0.4, 0.5) is 0 Å². The van der Waals surface area contributed by atoms with E-state index in [4.69, 9.17) is 9.47 Å². The highest BCUT2D eigenvalue weighted by atomic mass is 28.3. The molecule has 0 aliphatic carbocycles. The van der Waals surface area contributed by atoms with Gasteiger partial charge < -0.3 is 9.47 Å². The summed E-state index contributed by atoms with van der Waals surface area (Å²) in [6.45, 7) is 16.8. The molecule has 0 bridgehead atoms. The second-order valence-electron chi connectivity index (χ2n) is 7.84. The lowest BCUT2D eigenvalue weighted by Crippen LogP contribution is -2.36. The SMILES string of the molecule is CC(C)(C)OC(=O)/C=C(/C(=O)OC(C)(C)C)[Si](C)(C)C. The summed E-state index contributed by atoms with van der Waals surface area (Å²) in [7, 11) is -2.00. The minimum absolute atomic E-state index is 0.428. The van der Waals surface area contributed by atoms with Crippen LogP contribution >= 0.6 is 0 Å². The van der Waals surface area contributed by atoms with Crippen molar-refractivity contribution >= 4 is 20.0 Å². The number of ether oxygens (including phenoxy) is 2. The number of carbonyl (C=O) groups is 2. The van der Waals surface area contributed by atoms with Crippen LogP contribution in [0.2, 0.25) is 19.6 Å². The molecule has 116 valence electrons. The van der Waals surface area contributed by atoms with Crippen molar-refractivity contribution in [3.63, 3.8) is 0 Å². The van der Waals surface area contributed by atoms with Crippen molar-refractivity contribution < 1.29 is 19.1 Å². The van der Waals surface area contributed by atoms with E-state index in [1.165, 1.54) is 6.08 Å². The van der Waals surface area contributed by atoms with Gasteiger partial charge in [-0.25, -0.2) is 9.59 Å². The fourth-order valence-electron chi connectivity index (χ4n) is 1.36. The molecule has 0 aromatic heterocycles. The standard InChI is InChI=1S/C15H28O4Si/c1-14(2,3)18-12(16)10-11(20(7,8)9)13(17)19-15(4,5)6/h10H,1-9H3/b11-10-. The van der Waals surface area contributed by atoms with Crippen LogP contribution in [0.25, 0.3) is 0 Å². The first-order valence-electron chi connectivity index (χ1n) is 6.80. The molecule has 20 heavy (non-hydrogen) atoms. The first kappa shape index (κ1) is 18.9. The summed E-state index contributed by atoms with van der Waals surface area (Å²) in [5.74, 6) is -0.927. The molecule has 5 heteroatoms. The van der Waals surface area contributed by atoms with E-state index in [9.17, 15) is 9.59 Å². The molecule has 0 fully saturated rings. The van der Waals surface area contributed by atoms with Crippen LogP contribution in [-0.4, -0.2) is 31.2 Å². The van der Waals surface area contributed by atoms with Crippen LogP contribution < -0.4 is 0 Å². The molecule has 0 rings (SSSR count). The zero-order valence-electron chi connectivity index (χ0n) is 14.2. The number of carbonyl (C=O) groups excluding carboxylic acids is 2. The maximum atomic E-state index is 12.2. The Morgan fingerprint density at radius 3 is 1.55 bits per heavy atom. The first-order valence-corrected chi connectivity index (χ1v) is 10.3. The Morgan fingerprint density at radius 2 is 1.25 bits per heavy atom. The second-order valence-corrected chi connectivity index (χ2v) is 12.9. The van der Waals surface area contributed by atoms with Crippen LogP contribution in [0.15, 0.2) is 11.3 Å². The van der Waals surface area contributed by atoms with Gasteiger partial charge in [-0.15, -0.1) is 0 Å². The van der Waals surface area contributed by atoms with E-state index in [1.54, 1.807) is 41.5 Å². The summed E-state index contributed by atoms with van der Waals surface area (Å²) in [5.41, 5.74) is -1.16. The summed E-state index contributed by atoms with van der Waals surface area (Å²) in [6, 6.07) is 0. The molecule has 4 nitrogen and oxygen atoms in total. The van der Waals surface area contributed by atoms with Crippen LogP contribution in [-0.2, 0) is 19.1 Å². The van der Waals surface area contributed by atoms with Gasteiger partial charge in [0.2, 0.25) is 0 Å². The van der Waals surface area contributed by atoms with Gasteiger partial charge in [0.25, 0.3) is 0 Å². The molecular weight excluding hydrogens is 272 g/mol. The Morgan fingerprint density at radius 1 is 0.850 bits per heavy atom. The van der Waals surface area contributed by atoms with Gasteiger partial charge in [-0.3, -0.25) is 0 Å². The Labute approximate surface area is 123 Å². The van der Waals surface area contributed by atoms with Crippen molar-refractivity contribution in [2.45, 2.75) is 72.4 Å². The molecule has 0 saturated heterocycles. The van der Waals surface area contributed by atoms with Gasteiger partial charge in [0.15, 0.2) is 0 Å². The molecule has 0 heterocycles. The quantitative estimate of drug-likeness (QED) is 0.455. The number of esters is 2. The molecule has 0 atom stereocenters. The normalized spacial score (nSPS) is 13.9. The van der Waals surface area contributed by atoms with Crippen LogP contribution in [0.3, 0.4) is 0 Å². The zero-order chi connectivity index (χ0) is 16.4. The second kappa shape index (κ2) is 6.12. The minimum Gasteiger partial charge on any atom is -0.457 e. The number of hydrogen-bond donors (Lipinski definition) is 0. The van der Waals surface area contributed by atoms with Crippen LogP contribution in [0.1, 0.15) is 41.5 Å². The van der Waals surface area contributed by atoms with Crippen molar-refractivity contribution in [3.8, 4) is 0 Å². The van der Waals surface area contributed by atoms with E-state index in [0.29, 0.717) is 5.20 Å². The van der Waals surface area contributed by atoms with Crippen molar-refractivity contribution in [2.24, 2.45) is 0 Å². The zero-order valence-corrected chi connectivity index (χ0v) is 15.2. The monoisotopic (exact) mass is 300 g/mol. The van der Waals surface area contributed by atoms with Gasteiger partial charge in [-0.2, -0.15) is 0 Å². The summed E-state index contributed by atoms with van der Waals surface area (Å²) in [6.07, 6.45) is 1.30.